The summed E-state index contributed by atoms with van der Waals surface area (Å²) in [6, 6.07) is 8.94. The highest BCUT2D eigenvalue weighted by molar-refractivity contribution is 6.02. The Bertz CT molecular complexity index is 1130. The van der Waals surface area contributed by atoms with Crippen LogP contribution >= 0.6 is 0 Å². The number of carbonyl (C=O) groups excluding carboxylic acids is 2. The summed E-state index contributed by atoms with van der Waals surface area (Å²) in [5.74, 6) is -0.848. The van der Waals surface area contributed by atoms with E-state index >= 15 is 0 Å². The number of anilines is 2. The molecular weight excluding hydrogens is 397 g/mol. The number of nitro groups is 1. The molecular formula is C19H16FN5O5. The van der Waals surface area contributed by atoms with Gasteiger partial charge in [0, 0.05) is 12.1 Å². The summed E-state index contributed by atoms with van der Waals surface area (Å²) in [5.41, 5.74) is 0.744. The molecule has 0 bridgehead atoms. The molecule has 0 aliphatic heterocycles. The van der Waals surface area contributed by atoms with Crippen molar-refractivity contribution in [1.29, 1.82) is 0 Å². The standard InChI is InChI=1S/C19H16FN5O5/c1-11-14(10-26)18(23-24(11)12-6-8-13(9-7-12)25(28)29)22-19(27)21-15-4-3-5-16(30-2)17(15)20/h3-10H,1-2H3,(H2,21,22,23,27). The van der Waals surface area contributed by atoms with Gasteiger partial charge < -0.3 is 10.1 Å². The van der Waals surface area contributed by atoms with Gasteiger partial charge >= 0.3 is 6.03 Å². The second-order valence-corrected chi connectivity index (χ2v) is 6.05. The van der Waals surface area contributed by atoms with Crippen LogP contribution in [0.2, 0.25) is 0 Å². The summed E-state index contributed by atoms with van der Waals surface area (Å²) in [5, 5.41) is 19.7. The van der Waals surface area contributed by atoms with E-state index in [-0.39, 0.29) is 28.5 Å². The van der Waals surface area contributed by atoms with Gasteiger partial charge in [-0.3, -0.25) is 20.2 Å². The van der Waals surface area contributed by atoms with Gasteiger partial charge in [0.15, 0.2) is 23.7 Å². The van der Waals surface area contributed by atoms with E-state index in [4.69, 9.17) is 4.74 Å². The molecule has 30 heavy (non-hydrogen) atoms. The zero-order valence-electron chi connectivity index (χ0n) is 15.9. The van der Waals surface area contributed by atoms with Crippen LogP contribution in [0.15, 0.2) is 42.5 Å². The fourth-order valence-electron chi connectivity index (χ4n) is 2.74. The maximum absolute atomic E-state index is 14.2. The molecule has 3 aromatic rings. The fraction of sp³-hybridized carbons (Fsp3) is 0.105. The number of nitro benzene ring substituents is 1. The van der Waals surface area contributed by atoms with Crippen LogP contribution in [-0.4, -0.2) is 34.1 Å². The number of nitrogens with one attached hydrogen (secondary N) is 2. The van der Waals surface area contributed by atoms with Crippen LogP contribution in [0.1, 0.15) is 16.1 Å². The molecule has 2 aromatic carbocycles. The first-order chi connectivity index (χ1) is 14.3. The van der Waals surface area contributed by atoms with Gasteiger partial charge in [-0.15, -0.1) is 5.10 Å². The first kappa shape index (κ1) is 20.5. The van der Waals surface area contributed by atoms with Crippen molar-refractivity contribution in [2.75, 3.05) is 17.7 Å². The molecule has 10 nitrogen and oxygen atoms in total. The van der Waals surface area contributed by atoms with Gasteiger partial charge in [-0.1, -0.05) is 6.07 Å². The first-order valence-corrected chi connectivity index (χ1v) is 8.55. The average Bonchev–Trinajstić information content (AvgIpc) is 3.04. The molecule has 0 saturated carbocycles. The number of hydrogen-bond donors (Lipinski definition) is 2. The van der Waals surface area contributed by atoms with Crippen LogP contribution in [0.3, 0.4) is 0 Å². The van der Waals surface area contributed by atoms with Gasteiger partial charge in [0.1, 0.15) is 0 Å². The predicted molar refractivity (Wildman–Crippen MR) is 106 cm³/mol. The van der Waals surface area contributed by atoms with Crippen LogP contribution < -0.4 is 15.4 Å². The Morgan fingerprint density at radius 1 is 1.23 bits per heavy atom. The molecule has 11 heteroatoms. The molecule has 0 unspecified atom stereocenters. The van der Waals surface area contributed by atoms with E-state index in [1.807, 2.05) is 0 Å². The van der Waals surface area contributed by atoms with E-state index in [2.05, 4.69) is 15.7 Å². The summed E-state index contributed by atoms with van der Waals surface area (Å²) in [6.45, 7) is 1.60. The highest BCUT2D eigenvalue weighted by atomic mass is 19.1. The molecule has 0 atom stereocenters. The number of rotatable bonds is 6. The Labute approximate surface area is 169 Å². The molecule has 0 aliphatic rings. The minimum atomic E-state index is -0.821. The summed E-state index contributed by atoms with van der Waals surface area (Å²) < 4.78 is 20.4. The van der Waals surface area contributed by atoms with Crippen molar-refractivity contribution in [2.24, 2.45) is 0 Å². The van der Waals surface area contributed by atoms with E-state index in [1.165, 1.54) is 54.3 Å². The Morgan fingerprint density at radius 2 is 1.93 bits per heavy atom. The number of amides is 2. The van der Waals surface area contributed by atoms with Crippen molar-refractivity contribution in [3.63, 3.8) is 0 Å². The Hall–Kier alpha value is -4.28. The third kappa shape index (κ3) is 3.94. The van der Waals surface area contributed by atoms with Gasteiger partial charge in [0.05, 0.1) is 34.7 Å². The van der Waals surface area contributed by atoms with Crippen LogP contribution in [-0.2, 0) is 0 Å². The van der Waals surface area contributed by atoms with Gasteiger partial charge in [-0.2, -0.15) is 0 Å². The van der Waals surface area contributed by atoms with Gasteiger partial charge in [-0.05, 0) is 31.2 Å². The lowest BCUT2D eigenvalue weighted by Gasteiger charge is -2.09. The number of nitrogens with zero attached hydrogens (tertiary/aromatic N) is 3. The lowest BCUT2D eigenvalue weighted by atomic mass is 10.2. The van der Waals surface area contributed by atoms with Crippen LogP contribution in [0.4, 0.5) is 26.4 Å². The largest absolute Gasteiger partial charge is 0.494 e. The maximum atomic E-state index is 14.2. The zero-order valence-corrected chi connectivity index (χ0v) is 15.9. The van der Waals surface area contributed by atoms with E-state index < -0.39 is 16.8 Å². The maximum Gasteiger partial charge on any atom is 0.325 e. The number of benzene rings is 2. The monoisotopic (exact) mass is 413 g/mol. The molecule has 2 N–H and O–H groups in total. The molecule has 0 aliphatic carbocycles. The molecule has 0 fully saturated rings. The molecule has 0 spiro atoms. The first-order valence-electron chi connectivity index (χ1n) is 8.55. The lowest BCUT2D eigenvalue weighted by Crippen LogP contribution is -2.21. The van der Waals surface area contributed by atoms with Crippen molar-refractivity contribution < 1.29 is 23.6 Å². The normalized spacial score (nSPS) is 10.4. The van der Waals surface area contributed by atoms with Gasteiger partial charge in [0.2, 0.25) is 0 Å². The van der Waals surface area contributed by atoms with E-state index in [0.717, 1.165) is 0 Å². The Kier molecular flexibility index (Phi) is 5.72. The van der Waals surface area contributed by atoms with Gasteiger partial charge in [0.25, 0.3) is 5.69 Å². The zero-order chi connectivity index (χ0) is 21.8. The second-order valence-electron chi connectivity index (χ2n) is 6.05. The molecule has 3 rings (SSSR count). The summed E-state index contributed by atoms with van der Waals surface area (Å²) >= 11 is 0. The third-order valence-electron chi connectivity index (χ3n) is 4.25. The summed E-state index contributed by atoms with van der Waals surface area (Å²) in [6.07, 6.45) is 0.520. The van der Waals surface area contributed by atoms with Crippen molar-refractivity contribution in [3.05, 3.63) is 69.7 Å². The van der Waals surface area contributed by atoms with Crippen molar-refractivity contribution in [2.45, 2.75) is 6.92 Å². The number of halogens is 1. The van der Waals surface area contributed by atoms with E-state index in [9.17, 15) is 24.1 Å². The topological polar surface area (TPSA) is 128 Å². The van der Waals surface area contributed by atoms with Crippen molar-refractivity contribution in [3.8, 4) is 11.4 Å². The second kappa shape index (κ2) is 8.39. The van der Waals surface area contributed by atoms with Crippen molar-refractivity contribution in [1.82, 2.24) is 9.78 Å². The number of hydrogen-bond acceptors (Lipinski definition) is 6. The number of ether oxygens (including phenoxy) is 1. The minimum Gasteiger partial charge on any atom is -0.494 e. The van der Waals surface area contributed by atoms with Crippen LogP contribution in [0.5, 0.6) is 5.75 Å². The lowest BCUT2D eigenvalue weighted by molar-refractivity contribution is -0.384. The summed E-state index contributed by atoms with van der Waals surface area (Å²) in [7, 11) is 1.30. The Morgan fingerprint density at radius 3 is 2.53 bits per heavy atom. The number of aldehydes is 1. The number of methoxy groups -OCH3 is 1. The molecule has 0 saturated heterocycles. The number of urea groups is 1. The number of non-ortho nitro benzene ring substituents is 1. The number of aromatic nitrogens is 2. The molecule has 1 aromatic heterocycles. The quantitative estimate of drug-likeness (QED) is 0.360. The fourth-order valence-corrected chi connectivity index (χ4v) is 2.74. The van der Waals surface area contributed by atoms with Gasteiger partial charge in [-0.25, -0.2) is 13.9 Å². The van der Waals surface area contributed by atoms with E-state index in [0.29, 0.717) is 17.7 Å². The predicted octanol–water partition coefficient (Wildman–Crippen LogP) is 3.69. The smallest absolute Gasteiger partial charge is 0.325 e. The molecule has 154 valence electrons. The molecule has 1 heterocycles. The number of carbonyl (C=O) groups is 2. The third-order valence-corrected chi connectivity index (χ3v) is 4.25. The molecule has 2 amide bonds. The highest BCUT2D eigenvalue weighted by Crippen LogP contribution is 2.25. The van der Waals surface area contributed by atoms with Crippen molar-refractivity contribution >= 4 is 29.5 Å². The summed E-state index contributed by atoms with van der Waals surface area (Å²) in [4.78, 5) is 34.1. The molecule has 0 radical (unpaired) electrons. The van der Waals surface area contributed by atoms with Crippen LogP contribution in [0, 0.1) is 22.9 Å². The minimum absolute atomic E-state index is 0.0420. The van der Waals surface area contributed by atoms with Crippen LogP contribution in [0.25, 0.3) is 5.69 Å². The average molecular weight is 413 g/mol. The van der Waals surface area contributed by atoms with E-state index in [1.54, 1.807) is 6.92 Å². The SMILES string of the molecule is COc1cccc(NC(=O)Nc2nn(-c3ccc([N+](=O)[O-])cc3)c(C)c2C=O)c1F. The Balaban J connectivity index is 1.86. The highest BCUT2D eigenvalue weighted by Gasteiger charge is 2.19.